The summed E-state index contributed by atoms with van der Waals surface area (Å²) in [4.78, 5) is 12.2. The summed E-state index contributed by atoms with van der Waals surface area (Å²) in [5, 5.41) is 13.5. The molecule has 0 aliphatic heterocycles. The molecule has 0 bridgehead atoms. The van der Waals surface area contributed by atoms with Gasteiger partial charge in [-0.2, -0.15) is 5.10 Å². The lowest BCUT2D eigenvalue weighted by atomic mass is 10.1. The predicted molar refractivity (Wildman–Crippen MR) is 110 cm³/mol. The molecule has 27 heavy (non-hydrogen) atoms. The summed E-state index contributed by atoms with van der Waals surface area (Å²) < 4.78 is 5.14. The number of halogens is 1. The molecule has 2 amide bonds. The number of aromatic amines is 1. The highest BCUT2D eigenvalue weighted by Crippen LogP contribution is 2.25. The van der Waals surface area contributed by atoms with Crippen LogP contribution in [0.3, 0.4) is 0 Å². The first-order valence-electron chi connectivity index (χ1n) is 8.56. The van der Waals surface area contributed by atoms with Gasteiger partial charge in [0, 0.05) is 28.7 Å². The highest BCUT2D eigenvalue weighted by atomic mass is 79.9. The number of carbonyl (C=O) groups is 1. The number of nitrogens with one attached hydrogen (secondary N) is 3. The molecular weight excluding hydrogens is 408 g/mol. The van der Waals surface area contributed by atoms with Gasteiger partial charge in [-0.3, -0.25) is 5.10 Å². The van der Waals surface area contributed by atoms with Gasteiger partial charge < -0.3 is 15.4 Å². The molecule has 0 saturated carbocycles. The van der Waals surface area contributed by atoms with E-state index < -0.39 is 0 Å². The molecule has 0 radical (unpaired) electrons. The Hall–Kier alpha value is -2.80. The van der Waals surface area contributed by atoms with Gasteiger partial charge in [0.15, 0.2) is 0 Å². The Morgan fingerprint density at radius 1 is 1.22 bits per heavy atom. The van der Waals surface area contributed by atoms with Crippen LogP contribution in [0.2, 0.25) is 0 Å². The van der Waals surface area contributed by atoms with Gasteiger partial charge in [-0.05, 0) is 36.2 Å². The van der Waals surface area contributed by atoms with Crippen LogP contribution < -0.4 is 15.4 Å². The van der Waals surface area contributed by atoms with E-state index in [1.165, 1.54) is 0 Å². The number of hydrogen-bond donors (Lipinski definition) is 3. The fourth-order valence-corrected chi connectivity index (χ4v) is 3.13. The summed E-state index contributed by atoms with van der Waals surface area (Å²) in [6.07, 6.45) is 2.54. The van der Waals surface area contributed by atoms with E-state index in [-0.39, 0.29) is 6.03 Å². The summed E-state index contributed by atoms with van der Waals surface area (Å²) in [6, 6.07) is 15.2. The molecule has 7 heteroatoms. The Morgan fingerprint density at radius 3 is 2.78 bits per heavy atom. The number of amides is 2. The maximum Gasteiger partial charge on any atom is 0.319 e. The van der Waals surface area contributed by atoms with E-state index in [1.807, 2.05) is 48.5 Å². The third-order valence-corrected chi connectivity index (χ3v) is 4.73. The zero-order valence-electron chi connectivity index (χ0n) is 15.0. The standard InChI is InChI=1S/C20H21BrN4O2/c1-27-18-7-5-14(6-8-18)9-10-22-20(26)24-17-4-2-3-15(11-17)19-16(12-21)13-23-25-19/h2-8,11,13H,9-10,12H2,1H3,(H,23,25)(H2,22,24,26). The van der Waals surface area contributed by atoms with Crippen LogP contribution in [-0.2, 0) is 11.8 Å². The third kappa shape index (κ3) is 5.10. The zero-order valence-corrected chi connectivity index (χ0v) is 16.5. The average molecular weight is 429 g/mol. The molecule has 1 aromatic heterocycles. The fourth-order valence-electron chi connectivity index (χ4n) is 2.70. The number of ether oxygens (including phenoxy) is 1. The molecule has 3 aromatic rings. The Bertz CT molecular complexity index is 893. The van der Waals surface area contributed by atoms with E-state index in [2.05, 4.69) is 36.8 Å². The van der Waals surface area contributed by atoms with E-state index in [1.54, 1.807) is 13.3 Å². The van der Waals surface area contributed by atoms with Crippen molar-refractivity contribution >= 4 is 27.6 Å². The van der Waals surface area contributed by atoms with Crippen LogP contribution in [0.25, 0.3) is 11.3 Å². The van der Waals surface area contributed by atoms with E-state index in [0.29, 0.717) is 11.9 Å². The van der Waals surface area contributed by atoms with Crippen molar-refractivity contribution in [1.82, 2.24) is 15.5 Å². The summed E-state index contributed by atoms with van der Waals surface area (Å²) in [5.41, 5.74) is 4.84. The number of aromatic nitrogens is 2. The van der Waals surface area contributed by atoms with Gasteiger partial charge in [-0.15, -0.1) is 0 Å². The number of urea groups is 1. The quantitative estimate of drug-likeness (QED) is 0.489. The smallest absolute Gasteiger partial charge is 0.319 e. The highest BCUT2D eigenvalue weighted by molar-refractivity contribution is 9.08. The minimum Gasteiger partial charge on any atom is -0.497 e. The molecule has 2 aromatic carbocycles. The number of benzene rings is 2. The van der Waals surface area contributed by atoms with Crippen LogP contribution in [-0.4, -0.2) is 29.9 Å². The van der Waals surface area contributed by atoms with Crippen LogP contribution in [0.1, 0.15) is 11.1 Å². The van der Waals surface area contributed by atoms with Crippen molar-refractivity contribution in [3.05, 3.63) is 65.9 Å². The summed E-state index contributed by atoms with van der Waals surface area (Å²) >= 11 is 3.45. The largest absolute Gasteiger partial charge is 0.497 e. The molecule has 0 aliphatic rings. The number of methoxy groups -OCH3 is 1. The van der Waals surface area contributed by atoms with Crippen molar-refractivity contribution in [2.24, 2.45) is 0 Å². The van der Waals surface area contributed by atoms with Crippen LogP contribution in [0.15, 0.2) is 54.7 Å². The number of H-pyrrole nitrogens is 1. The Labute approximate surface area is 166 Å². The van der Waals surface area contributed by atoms with Crippen molar-refractivity contribution in [3.8, 4) is 17.0 Å². The third-order valence-electron chi connectivity index (χ3n) is 4.13. The van der Waals surface area contributed by atoms with Crippen molar-refractivity contribution in [3.63, 3.8) is 0 Å². The number of anilines is 1. The van der Waals surface area contributed by atoms with Gasteiger partial charge in [-0.1, -0.05) is 40.2 Å². The van der Waals surface area contributed by atoms with Gasteiger partial charge in [0.25, 0.3) is 0 Å². The second kappa shape index (κ2) is 9.23. The minimum absolute atomic E-state index is 0.231. The molecule has 0 spiro atoms. The molecule has 140 valence electrons. The Morgan fingerprint density at radius 2 is 2.04 bits per heavy atom. The number of carbonyl (C=O) groups excluding carboxylic acids is 1. The normalized spacial score (nSPS) is 10.4. The summed E-state index contributed by atoms with van der Waals surface area (Å²) in [5.74, 6) is 0.824. The van der Waals surface area contributed by atoms with Crippen LogP contribution in [0, 0.1) is 0 Å². The number of hydrogen-bond acceptors (Lipinski definition) is 3. The van der Waals surface area contributed by atoms with Gasteiger partial charge >= 0.3 is 6.03 Å². The van der Waals surface area contributed by atoms with Gasteiger partial charge in [0.05, 0.1) is 19.0 Å². The first-order valence-corrected chi connectivity index (χ1v) is 9.68. The lowest BCUT2D eigenvalue weighted by Gasteiger charge is -2.09. The SMILES string of the molecule is COc1ccc(CCNC(=O)Nc2cccc(-c3[nH]ncc3CBr)c2)cc1. The van der Waals surface area contributed by atoms with Crippen molar-refractivity contribution < 1.29 is 9.53 Å². The van der Waals surface area contributed by atoms with Crippen molar-refractivity contribution in [2.75, 3.05) is 19.0 Å². The average Bonchev–Trinajstić information content (AvgIpc) is 3.17. The summed E-state index contributed by atoms with van der Waals surface area (Å²) in [7, 11) is 1.64. The molecule has 6 nitrogen and oxygen atoms in total. The van der Waals surface area contributed by atoms with E-state index in [4.69, 9.17) is 4.74 Å². The van der Waals surface area contributed by atoms with Crippen molar-refractivity contribution in [2.45, 2.75) is 11.8 Å². The molecule has 0 saturated heterocycles. The van der Waals surface area contributed by atoms with Gasteiger partial charge in [0.2, 0.25) is 0 Å². The highest BCUT2D eigenvalue weighted by Gasteiger charge is 2.08. The predicted octanol–water partition coefficient (Wildman–Crippen LogP) is 4.34. The monoisotopic (exact) mass is 428 g/mol. The molecule has 0 unspecified atom stereocenters. The molecule has 1 heterocycles. The fraction of sp³-hybridized carbons (Fsp3) is 0.200. The molecule has 3 rings (SSSR count). The van der Waals surface area contributed by atoms with Crippen molar-refractivity contribution in [1.29, 1.82) is 0 Å². The number of rotatable bonds is 7. The number of nitrogens with zero attached hydrogens (tertiary/aromatic N) is 1. The van der Waals surface area contributed by atoms with E-state index in [0.717, 1.165) is 40.2 Å². The number of alkyl halides is 1. The Kier molecular flexibility index (Phi) is 6.49. The molecule has 0 atom stereocenters. The van der Waals surface area contributed by atoms with E-state index >= 15 is 0 Å². The van der Waals surface area contributed by atoms with E-state index in [9.17, 15) is 4.79 Å². The first-order chi connectivity index (χ1) is 13.2. The van der Waals surface area contributed by atoms with Crippen LogP contribution in [0.4, 0.5) is 10.5 Å². The Balaban J connectivity index is 1.54. The van der Waals surface area contributed by atoms with Gasteiger partial charge in [0.1, 0.15) is 5.75 Å². The van der Waals surface area contributed by atoms with Crippen LogP contribution in [0.5, 0.6) is 5.75 Å². The zero-order chi connectivity index (χ0) is 19.1. The second-order valence-electron chi connectivity index (χ2n) is 5.96. The van der Waals surface area contributed by atoms with Gasteiger partial charge in [-0.25, -0.2) is 4.79 Å². The maximum atomic E-state index is 12.2. The molecule has 3 N–H and O–H groups in total. The molecular formula is C20H21BrN4O2. The first kappa shape index (κ1) is 19.0. The maximum absolute atomic E-state index is 12.2. The lowest BCUT2D eigenvalue weighted by molar-refractivity contribution is 0.252. The molecule has 0 fully saturated rings. The second-order valence-corrected chi connectivity index (χ2v) is 6.52. The molecule has 0 aliphatic carbocycles. The minimum atomic E-state index is -0.231. The topological polar surface area (TPSA) is 79.0 Å². The lowest BCUT2D eigenvalue weighted by Crippen LogP contribution is -2.30. The summed E-state index contributed by atoms with van der Waals surface area (Å²) in [6.45, 7) is 0.548. The van der Waals surface area contributed by atoms with Crippen LogP contribution >= 0.6 is 15.9 Å².